The summed E-state index contributed by atoms with van der Waals surface area (Å²) in [6.45, 7) is 0. The van der Waals surface area contributed by atoms with Crippen LogP contribution in [-0.2, 0) is 0 Å². The number of nitrogens with zero attached hydrogens (tertiary/aromatic N) is 4. The molecule has 4 heteroatoms. The van der Waals surface area contributed by atoms with E-state index in [0.29, 0.717) is 0 Å². The van der Waals surface area contributed by atoms with Crippen LogP contribution < -0.4 is 0 Å². The van der Waals surface area contributed by atoms with Gasteiger partial charge in [-0.05, 0) is 37.0 Å². The largest absolute Gasteiger partial charge is 0.289 e. The van der Waals surface area contributed by atoms with Gasteiger partial charge in [0.15, 0.2) is 5.82 Å². The van der Waals surface area contributed by atoms with E-state index in [2.05, 4.69) is 27.3 Å². The maximum atomic E-state index is 4.23. The van der Waals surface area contributed by atoms with E-state index in [1.807, 2.05) is 22.9 Å². The maximum absolute atomic E-state index is 4.23. The lowest BCUT2D eigenvalue weighted by molar-refractivity contribution is 0.420. The molecule has 0 aliphatic heterocycles. The summed E-state index contributed by atoms with van der Waals surface area (Å²) in [7, 11) is 0. The molecule has 1 fully saturated rings. The van der Waals surface area contributed by atoms with Crippen LogP contribution in [0.5, 0.6) is 0 Å². The van der Waals surface area contributed by atoms with Gasteiger partial charge in [-0.25, -0.2) is 4.98 Å². The van der Waals surface area contributed by atoms with Crippen LogP contribution in [0.2, 0.25) is 0 Å². The summed E-state index contributed by atoms with van der Waals surface area (Å²) in [4.78, 5) is 4.00. The van der Waals surface area contributed by atoms with Crippen LogP contribution >= 0.6 is 0 Å². The van der Waals surface area contributed by atoms with Crippen molar-refractivity contribution in [2.45, 2.75) is 32.1 Å². The zero-order valence-corrected chi connectivity index (χ0v) is 10.9. The van der Waals surface area contributed by atoms with E-state index < -0.39 is 0 Å². The van der Waals surface area contributed by atoms with Crippen LogP contribution in [0.25, 0.3) is 11.9 Å². The second-order valence-corrected chi connectivity index (χ2v) is 5.04. The van der Waals surface area contributed by atoms with E-state index in [-0.39, 0.29) is 0 Å². The Morgan fingerprint density at radius 1 is 1.11 bits per heavy atom. The molecule has 0 unspecified atom stereocenters. The van der Waals surface area contributed by atoms with Gasteiger partial charge in [0.25, 0.3) is 0 Å². The van der Waals surface area contributed by atoms with Gasteiger partial charge in [-0.15, -0.1) is 10.2 Å². The minimum atomic E-state index is 0.726. The first-order valence-corrected chi connectivity index (χ1v) is 6.92. The molecule has 2 aromatic rings. The Bertz CT molecular complexity index is 522. The molecule has 0 aromatic carbocycles. The van der Waals surface area contributed by atoms with E-state index in [1.54, 1.807) is 12.5 Å². The van der Waals surface area contributed by atoms with E-state index >= 15 is 0 Å². The summed E-state index contributed by atoms with van der Waals surface area (Å²) >= 11 is 0. The lowest BCUT2D eigenvalue weighted by Crippen LogP contribution is -2.02. The molecule has 4 nitrogen and oxygen atoms in total. The quantitative estimate of drug-likeness (QED) is 0.844. The van der Waals surface area contributed by atoms with Gasteiger partial charge >= 0.3 is 0 Å². The third-order valence-electron chi connectivity index (χ3n) is 3.63. The zero-order chi connectivity index (χ0) is 12.9. The first kappa shape index (κ1) is 12.1. The van der Waals surface area contributed by atoms with Crippen molar-refractivity contribution >= 4 is 6.08 Å². The molecule has 0 radical (unpaired) electrons. The number of rotatable bonds is 3. The highest BCUT2D eigenvalue weighted by molar-refractivity contribution is 5.45. The number of hydrogen-bond acceptors (Lipinski definition) is 3. The Kier molecular flexibility index (Phi) is 3.68. The Labute approximate surface area is 113 Å². The summed E-state index contributed by atoms with van der Waals surface area (Å²) in [5, 5.41) is 8.44. The van der Waals surface area contributed by atoms with Crippen LogP contribution in [0.1, 0.15) is 37.8 Å². The van der Waals surface area contributed by atoms with Crippen molar-refractivity contribution in [1.29, 1.82) is 0 Å². The average Bonchev–Trinajstić information content (AvgIpc) is 3.01. The van der Waals surface area contributed by atoms with E-state index in [9.17, 15) is 0 Å². The summed E-state index contributed by atoms with van der Waals surface area (Å²) < 4.78 is 1.85. The van der Waals surface area contributed by atoms with Crippen LogP contribution in [0.15, 0.2) is 36.9 Å². The SMILES string of the molecule is C(=CC1CCCCC1)c1ccc(-n2ccnc2)nn1. The molecule has 2 heterocycles. The second kappa shape index (κ2) is 5.78. The number of hydrogen-bond donors (Lipinski definition) is 0. The summed E-state index contributed by atoms with van der Waals surface area (Å²) in [5.41, 5.74) is 0.925. The summed E-state index contributed by atoms with van der Waals surface area (Å²) in [5.74, 6) is 1.52. The van der Waals surface area contributed by atoms with Crippen molar-refractivity contribution in [1.82, 2.24) is 19.7 Å². The predicted molar refractivity (Wildman–Crippen MR) is 74.8 cm³/mol. The van der Waals surface area contributed by atoms with Crippen molar-refractivity contribution in [3.63, 3.8) is 0 Å². The summed E-state index contributed by atoms with van der Waals surface area (Å²) in [6.07, 6.45) is 16.5. The summed E-state index contributed by atoms with van der Waals surface area (Å²) in [6, 6.07) is 3.97. The molecular formula is C15H18N4. The van der Waals surface area contributed by atoms with Crippen LogP contribution in [-0.4, -0.2) is 19.7 Å². The van der Waals surface area contributed by atoms with Crippen LogP contribution in [0, 0.1) is 5.92 Å². The number of allylic oxidation sites excluding steroid dienone is 1. The Balaban J connectivity index is 1.67. The zero-order valence-electron chi connectivity index (χ0n) is 10.9. The molecule has 1 saturated carbocycles. The van der Waals surface area contributed by atoms with Crippen molar-refractivity contribution in [3.8, 4) is 5.82 Å². The van der Waals surface area contributed by atoms with Crippen LogP contribution in [0.4, 0.5) is 0 Å². The molecule has 1 aliphatic carbocycles. The lowest BCUT2D eigenvalue weighted by Gasteiger charge is -2.17. The molecular weight excluding hydrogens is 236 g/mol. The van der Waals surface area contributed by atoms with Gasteiger partial charge in [-0.3, -0.25) is 4.57 Å². The molecule has 0 spiro atoms. The molecule has 3 rings (SSSR count). The Morgan fingerprint density at radius 2 is 2.00 bits per heavy atom. The van der Waals surface area contributed by atoms with Gasteiger partial charge in [-0.1, -0.05) is 25.3 Å². The highest BCUT2D eigenvalue weighted by Crippen LogP contribution is 2.25. The first-order chi connectivity index (χ1) is 9.42. The molecule has 19 heavy (non-hydrogen) atoms. The van der Waals surface area contributed by atoms with E-state index in [1.165, 1.54) is 32.1 Å². The Morgan fingerprint density at radius 3 is 2.68 bits per heavy atom. The van der Waals surface area contributed by atoms with Gasteiger partial charge in [0.2, 0.25) is 0 Å². The minimum Gasteiger partial charge on any atom is -0.289 e. The molecule has 0 amide bonds. The molecule has 1 aliphatic rings. The minimum absolute atomic E-state index is 0.726. The second-order valence-electron chi connectivity index (χ2n) is 5.04. The van der Waals surface area contributed by atoms with Crippen molar-refractivity contribution < 1.29 is 0 Å². The van der Waals surface area contributed by atoms with Gasteiger partial charge < -0.3 is 0 Å². The smallest absolute Gasteiger partial charge is 0.160 e. The normalized spacial score (nSPS) is 17.1. The van der Waals surface area contributed by atoms with Crippen molar-refractivity contribution in [2.24, 2.45) is 5.92 Å². The molecule has 98 valence electrons. The Hall–Kier alpha value is -1.97. The molecule has 0 atom stereocenters. The standard InChI is InChI=1S/C15H18N4/c1-2-4-13(5-3-1)6-7-14-8-9-15(18-17-14)19-11-10-16-12-19/h6-13H,1-5H2. The predicted octanol–water partition coefficient (Wildman–Crippen LogP) is 3.26. The number of imidazole rings is 1. The van der Waals surface area contributed by atoms with Crippen LogP contribution in [0.3, 0.4) is 0 Å². The van der Waals surface area contributed by atoms with Gasteiger partial charge in [0.1, 0.15) is 6.33 Å². The molecule has 0 saturated heterocycles. The fourth-order valence-corrected chi connectivity index (χ4v) is 2.52. The molecule has 0 N–H and O–H groups in total. The third-order valence-corrected chi connectivity index (χ3v) is 3.63. The number of aromatic nitrogens is 4. The first-order valence-electron chi connectivity index (χ1n) is 6.92. The van der Waals surface area contributed by atoms with Gasteiger partial charge in [0, 0.05) is 12.4 Å². The molecule has 0 bridgehead atoms. The van der Waals surface area contributed by atoms with Crippen molar-refractivity contribution in [3.05, 3.63) is 42.6 Å². The third kappa shape index (κ3) is 3.08. The van der Waals surface area contributed by atoms with E-state index in [4.69, 9.17) is 0 Å². The monoisotopic (exact) mass is 254 g/mol. The highest BCUT2D eigenvalue weighted by Gasteiger charge is 2.09. The fraction of sp³-hybridized carbons (Fsp3) is 0.400. The fourth-order valence-electron chi connectivity index (χ4n) is 2.52. The molecule has 2 aromatic heterocycles. The average molecular weight is 254 g/mol. The highest BCUT2D eigenvalue weighted by atomic mass is 15.2. The van der Waals surface area contributed by atoms with E-state index in [0.717, 1.165) is 17.4 Å². The van der Waals surface area contributed by atoms with Gasteiger partial charge in [-0.2, -0.15) is 0 Å². The maximum Gasteiger partial charge on any atom is 0.160 e. The van der Waals surface area contributed by atoms with Gasteiger partial charge in [0.05, 0.1) is 5.69 Å². The topological polar surface area (TPSA) is 43.6 Å². The lowest BCUT2D eigenvalue weighted by atomic mass is 9.89. The van der Waals surface area contributed by atoms with Crippen molar-refractivity contribution in [2.75, 3.05) is 0 Å².